The molecule has 0 fully saturated rings. The lowest BCUT2D eigenvalue weighted by atomic mass is 10.1. The van der Waals surface area contributed by atoms with E-state index in [0.29, 0.717) is 33.3 Å². The fourth-order valence-corrected chi connectivity index (χ4v) is 2.35. The molecular weight excluding hydrogens is 328 g/mol. The Morgan fingerprint density at radius 2 is 2.04 bits per heavy atom. The first-order valence-electron chi connectivity index (χ1n) is 6.98. The van der Waals surface area contributed by atoms with Gasteiger partial charge in [0.2, 0.25) is 5.91 Å². The number of amides is 1. The van der Waals surface area contributed by atoms with Crippen LogP contribution in [0.4, 0.5) is 5.69 Å². The van der Waals surface area contributed by atoms with Crippen molar-refractivity contribution in [3.05, 3.63) is 58.6 Å². The number of carbonyl (C=O) groups is 1. The van der Waals surface area contributed by atoms with Gasteiger partial charge in [0, 0.05) is 11.8 Å². The molecule has 0 atom stereocenters. The summed E-state index contributed by atoms with van der Waals surface area (Å²) in [4.78, 5) is 12.0. The zero-order valence-corrected chi connectivity index (χ0v) is 13.9. The van der Waals surface area contributed by atoms with Gasteiger partial charge in [-0.25, -0.2) is 0 Å². The SMILES string of the molecule is COc1cc(/C=C/C(=O)Nc2cccc(C#N)c2)cc(Cl)c1OC. The Labute approximate surface area is 145 Å². The summed E-state index contributed by atoms with van der Waals surface area (Å²) >= 11 is 6.12. The van der Waals surface area contributed by atoms with Crippen molar-refractivity contribution in [1.82, 2.24) is 0 Å². The van der Waals surface area contributed by atoms with Crippen molar-refractivity contribution >= 4 is 29.3 Å². The molecule has 24 heavy (non-hydrogen) atoms. The Bertz CT molecular complexity index is 825. The molecule has 0 aromatic heterocycles. The van der Waals surface area contributed by atoms with Gasteiger partial charge >= 0.3 is 0 Å². The van der Waals surface area contributed by atoms with Crippen LogP contribution < -0.4 is 14.8 Å². The van der Waals surface area contributed by atoms with Crippen LogP contribution >= 0.6 is 11.6 Å². The van der Waals surface area contributed by atoms with E-state index < -0.39 is 0 Å². The highest BCUT2D eigenvalue weighted by molar-refractivity contribution is 6.32. The molecule has 0 radical (unpaired) electrons. The second kappa shape index (κ2) is 8.04. The van der Waals surface area contributed by atoms with E-state index in [1.54, 1.807) is 42.5 Å². The summed E-state index contributed by atoms with van der Waals surface area (Å²) in [5.74, 6) is 0.594. The summed E-state index contributed by atoms with van der Waals surface area (Å²) in [5, 5.41) is 11.9. The lowest BCUT2D eigenvalue weighted by Crippen LogP contribution is -2.07. The van der Waals surface area contributed by atoms with Gasteiger partial charge in [-0.05, 0) is 42.0 Å². The summed E-state index contributed by atoms with van der Waals surface area (Å²) in [6, 6.07) is 12.1. The monoisotopic (exact) mass is 342 g/mol. The fourth-order valence-electron chi connectivity index (χ4n) is 2.06. The highest BCUT2D eigenvalue weighted by atomic mass is 35.5. The molecule has 2 aromatic carbocycles. The zero-order chi connectivity index (χ0) is 17.5. The predicted octanol–water partition coefficient (Wildman–Crippen LogP) is 3.88. The molecule has 5 nitrogen and oxygen atoms in total. The summed E-state index contributed by atoms with van der Waals surface area (Å²) in [6.07, 6.45) is 2.98. The number of halogens is 1. The van der Waals surface area contributed by atoms with Crippen LogP contribution in [-0.2, 0) is 4.79 Å². The normalized spacial score (nSPS) is 10.2. The number of nitrogens with one attached hydrogen (secondary N) is 1. The number of rotatable bonds is 5. The van der Waals surface area contributed by atoms with Crippen molar-refractivity contribution in [3.8, 4) is 17.6 Å². The molecule has 1 N–H and O–H groups in total. The maximum absolute atomic E-state index is 12.0. The van der Waals surface area contributed by atoms with Gasteiger partial charge in [0.05, 0.1) is 30.9 Å². The number of nitriles is 1. The number of ether oxygens (including phenoxy) is 2. The van der Waals surface area contributed by atoms with Crippen LogP contribution in [0.25, 0.3) is 6.08 Å². The standard InChI is InChI=1S/C18H15ClN2O3/c1-23-16-10-12(9-15(19)18(16)24-2)6-7-17(22)21-14-5-3-4-13(8-14)11-20/h3-10H,1-2H3,(H,21,22)/b7-6+. The van der Waals surface area contributed by atoms with Gasteiger partial charge < -0.3 is 14.8 Å². The number of carbonyl (C=O) groups excluding carboxylic acids is 1. The second-order valence-corrected chi connectivity index (χ2v) is 5.16. The van der Waals surface area contributed by atoms with E-state index in [2.05, 4.69) is 5.32 Å². The van der Waals surface area contributed by atoms with Gasteiger partial charge in [-0.1, -0.05) is 17.7 Å². The third-order valence-electron chi connectivity index (χ3n) is 3.14. The number of benzene rings is 2. The number of hydrogen-bond acceptors (Lipinski definition) is 4. The second-order valence-electron chi connectivity index (χ2n) is 4.75. The molecule has 122 valence electrons. The molecule has 0 heterocycles. The van der Waals surface area contributed by atoms with Gasteiger partial charge in [-0.2, -0.15) is 5.26 Å². The van der Waals surface area contributed by atoms with Gasteiger partial charge in [0.15, 0.2) is 11.5 Å². The molecule has 2 rings (SSSR count). The Kier molecular flexibility index (Phi) is 5.83. The van der Waals surface area contributed by atoms with Crippen LogP contribution in [-0.4, -0.2) is 20.1 Å². The Morgan fingerprint density at radius 1 is 1.25 bits per heavy atom. The smallest absolute Gasteiger partial charge is 0.248 e. The number of anilines is 1. The number of methoxy groups -OCH3 is 2. The predicted molar refractivity (Wildman–Crippen MR) is 93.4 cm³/mol. The molecule has 0 spiro atoms. The molecule has 2 aromatic rings. The molecule has 0 aliphatic heterocycles. The minimum atomic E-state index is -0.323. The average Bonchev–Trinajstić information content (AvgIpc) is 2.59. The minimum Gasteiger partial charge on any atom is -0.493 e. The lowest BCUT2D eigenvalue weighted by Gasteiger charge is -2.10. The molecule has 0 aliphatic rings. The van der Waals surface area contributed by atoms with Crippen molar-refractivity contribution in [2.24, 2.45) is 0 Å². The van der Waals surface area contributed by atoms with E-state index in [-0.39, 0.29) is 5.91 Å². The van der Waals surface area contributed by atoms with E-state index in [4.69, 9.17) is 26.3 Å². The third-order valence-corrected chi connectivity index (χ3v) is 3.42. The summed E-state index contributed by atoms with van der Waals surface area (Å²) in [5.41, 5.74) is 1.72. The first-order chi connectivity index (χ1) is 11.6. The highest BCUT2D eigenvalue weighted by Gasteiger charge is 2.09. The Balaban J connectivity index is 2.14. The summed E-state index contributed by atoms with van der Waals surface area (Å²) in [6.45, 7) is 0. The average molecular weight is 343 g/mol. The molecular formula is C18H15ClN2O3. The van der Waals surface area contributed by atoms with Crippen LogP contribution in [0.2, 0.25) is 5.02 Å². The molecule has 1 amide bonds. The maximum atomic E-state index is 12.0. The van der Waals surface area contributed by atoms with Crippen molar-refractivity contribution in [1.29, 1.82) is 5.26 Å². The van der Waals surface area contributed by atoms with Crippen LogP contribution in [0.3, 0.4) is 0 Å². The van der Waals surface area contributed by atoms with E-state index in [0.717, 1.165) is 0 Å². The summed E-state index contributed by atoms with van der Waals surface area (Å²) in [7, 11) is 3.01. The topological polar surface area (TPSA) is 71.3 Å². The number of hydrogen-bond donors (Lipinski definition) is 1. The quantitative estimate of drug-likeness (QED) is 0.837. The molecule has 0 saturated carbocycles. The van der Waals surface area contributed by atoms with Crippen molar-refractivity contribution in [2.75, 3.05) is 19.5 Å². The molecule has 0 aliphatic carbocycles. The van der Waals surface area contributed by atoms with Crippen LogP contribution in [0.1, 0.15) is 11.1 Å². The van der Waals surface area contributed by atoms with Crippen molar-refractivity contribution in [3.63, 3.8) is 0 Å². The minimum absolute atomic E-state index is 0.323. The first-order valence-corrected chi connectivity index (χ1v) is 7.36. The van der Waals surface area contributed by atoms with Gasteiger partial charge in [0.1, 0.15) is 0 Å². The maximum Gasteiger partial charge on any atom is 0.248 e. The molecule has 0 saturated heterocycles. The Morgan fingerprint density at radius 3 is 2.71 bits per heavy atom. The van der Waals surface area contributed by atoms with Crippen LogP contribution in [0.5, 0.6) is 11.5 Å². The van der Waals surface area contributed by atoms with Crippen LogP contribution in [0, 0.1) is 11.3 Å². The van der Waals surface area contributed by atoms with Gasteiger partial charge in [0.25, 0.3) is 0 Å². The van der Waals surface area contributed by atoms with E-state index in [1.807, 2.05) is 6.07 Å². The fraction of sp³-hybridized carbons (Fsp3) is 0.111. The van der Waals surface area contributed by atoms with Crippen LogP contribution in [0.15, 0.2) is 42.5 Å². The van der Waals surface area contributed by atoms with Crippen molar-refractivity contribution < 1.29 is 14.3 Å². The molecule has 0 bridgehead atoms. The van der Waals surface area contributed by atoms with E-state index >= 15 is 0 Å². The van der Waals surface area contributed by atoms with Crippen molar-refractivity contribution in [2.45, 2.75) is 0 Å². The third kappa shape index (κ3) is 4.28. The first kappa shape index (κ1) is 17.4. The van der Waals surface area contributed by atoms with E-state index in [9.17, 15) is 4.79 Å². The highest BCUT2D eigenvalue weighted by Crippen LogP contribution is 2.36. The summed E-state index contributed by atoms with van der Waals surface area (Å²) < 4.78 is 10.4. The zero-order valence-electron chi connectivity index (χ0n) is 13.2. The molecule has 6 heteroatoms. The van der Waals surface area contributed by atoms with Gasteiger partial charge in [-0.15, -0.1) is 0 Å². The molecule has 0 unspecified atom stereocenters. The largest absolute Gasteiger partial charge is 0.493 e. The van der Waals surface area contributed by atoms with E-state index in [1.165, 1.54) is 20.3 Å². The number of nitrogens with zero attached hydrogens (tertiary/aromatic N) is 1. The van der Waals surface area contributed by atoms with Gasteiger partial charge in [-0.3, -0.25) is 4.79 Å². The lowest BCUT2D eigenvalue weighted by molar-refractivity contribution is -0.111. The Hall–Kier alpha value is -2.97.